The van der Waals surface area contributed by atoms with Crippen molar-refractivity contribution >= 4 is 5.96 Å². The largest absolute Gasteiger partial charge is 0.434 e. The average molecular weight is 435 g/mol. The van der Waals surface area contributed by atoms with Gasteiger partial charge >= 0.3 is 6.61 Å². The van der Waals surface area contributed by atoms with Gasteiger partial charge in [-0.2, -0.15) is 8.78 Å². The minimum Gasteiger partial charge on any atom is -0.434 e. The van der Waals surface area contributed by atoms with E-state index in [-0.39, 0.29) is 23.5 Å². The molecule has 8 heteroatoms. The SMILES string of the molecule is CN=C(NCc1cc(C)ccc1OC(F)F)NCC1(c2ccc(F)cc2)CCOCC1. The number of hydrogen-bond donors (Lipinski definition) is 2. The quantitative estimate of drug-likeness (QED) is 0.507. The van der Waals surface area contributed by atoms with Gasteiger partial charge in [-0.1, -0.05) is 29.8 Å². The van der Waals surface area contributed by atoms with Gasteiger partial charge in [0.1, 0.15) is 11.6 Å². The van der Waals surface area contributed by atoms with Gasteiger partial charge in [-0.15, -0.1) is 0 Å². The Morgan fingerprint density at radius 2 is 1.84 bits per heavy atom. The lowest BCUT2D eigenvalue weighted by Gasteiger charge is -2.38. The van der Waals surface area contributed by atoms with E-state index in [1.54, 1.807) is 25.2 Å². The second kappa shape index (κ2) is 10.5. The highest BCUT2D eigenvalue weighted by atomic mass is 19.3. The number of ether oxygens (including phenoxy) is 2. The van der Waals surface area contributed by atoms with Crippen LogP contribution in [0.1, 0.15) is 29.5 Å². The molecule has 5 nitrogen and oxygen atoms in total. The Labute approximate surface area is 180 Å². The molecule has 0 aromatic heterocycles. The monoisotopic (exact) mass is 435 g/mol. The normalized spacial score (nSPS) is 16.3. The fourth-order valence-electron chi connectivity index (χ4n) is 3.84. The zero-order valence-electron chi connectivity index (χ0n) is 17.8. The zero-order valence-corrected chi connectivity index (χ0v) is 17.8. The van der Waals surface area contributed by atoms with Gasteiger partial charge in [-0.05, 0) is 43.5 Å². The molecule has 2 N–H and O–H groups in total. The van der Waals surface area contributed by atoms with E-state index in [4.69, 9.17) is 4.74 Å². The van der Waals surface area contributed by atoms with Gasteiger partial charge in [0.05, 0.1) is 0 Å². The summed E-state index contributed by atoms with van der Waals surface area (Å²) in [5, 5.41) is 6.51. The van der Waals surface area contributed by atoms with E-state index in [0.717, 1.165) is 24.0 Å². The Hall–Kier alpha value is -2.74. The Morgan fingerprint density at radius 3 is 2.48 bits per heavy atom. The maximum Gasteiger partial charge on any atom is 0.387 e. The van der Waals surface area contributed by atoms with E-state index in [0.29, 0.717) is 31.3 Å². The Balaban J connectivity index is 1.68. The Bertz CT molecular complexity index is 882. The van der Waals surface area contributed by atoms with Crippen molar-refractivity contribution in [1.29, 1.82) is 0 Å². The fraction of sp³-hybridized carbons (Fsp3) is 0.435. The lowest BCUT2D eigenvalue weighted by atomic mass is 9.74. The van der Waals surface area contributed by atoms with E-state index in [2.05, 4.69) is 20.4 Å². The van der Waals surface area contributed by atoms with Gasteiger partial charge in [0, 0.05) is 44.3 Å². The van der Waals surface area contributed by atoms with Crippen molar-refractivity contribution in [1.82, 2.24) is 10.6 Å². The first-order chi connectivity index (χ1) is 14.9. The number of alkyl halides is 2. The van der Waals surface area contributed by atoms with E-state index in [9.17, 15) is 13.2 Å². The highest BCUT2D eigenvalue weighted by Gasteiger charge is 2.34. The summed E-state index contributed by atoms with van der Waals surface area (Å²) in [4.78, 5) is 4.25. The number of benzene rings is 2. The third-order valence-electron chi connectivity index (χ3n) is 5.60. The molecule has 2 aromatic carbocycles. The summed E-state index contributed by atoms with van der Waals surface area (Å²) in [6.07, 6.45) is 1.60. The lowest BCUT2D eigenvalue weighted by molar-refractivity contribution is -0.0504. The molecular weight excluding hydrogens is 407 g/mol. The molecule has 1 saturated heterocycles. The molecule has 3 rings (SSSR count). The van der Waals surface area contributed by atoms with Crippen LogP contribution in [0.3, 0.4) is 0 Å². The molecule has 1 aliphatic heterocycles. The molecule has 1 aliphatic rings. The Kier molecular flexibility index (Phi) is 7.79. The fourth-order valence-corrected chi connectivity index (χ4v) is 3.84. The molecule has 0 bridgehead atoms. The van der Waals surface area contributed by atoms with Crippen LogP contribution in [0.5, 0.6) is 5.75 Å². The number of aliphatic imine (C=N–C) groups is 1. The molecule has 0 amide bonds. The summed E-state index contributed by atoms with van der Waals surface area (Å²) in [5.41, 5.74) is 2.39. The number of aryl methyl sites for hydroxylation is 1. The van der Waals surface area contributed by atoms with Crippen molar-refractivity contribution in [2.24, 2.45) is 4.99 Å². The summed E-state index contributed by atoms with van der Waals surface area (Å²) in [5.74, 6) is 0.407. The smallest absolute Gasteiger partial charge is 0.387 e. The van der Waals surface area contributed by atoms with Crippen LogP contribution in [0.25, 0.3) is 0 Å². The van der Waals surface area contributed by atoms with E-state index >= 15 is 0 Å². The summed E-state index contributed by atoms with van der Waals surface area (Å²) in [6.45, 7) is 1.11. The van der Waals surface area contributed by atoms with E-state index in [1.165, 1.54) is 12.1 Å². The van der Waals surface area contributed by atoms with Gasteiger partial charge in [0.25, 0.3) is 0 Å². The Morgan fingerprint density at radius 1 is 1.13 bits per heavy atom. The second-order valence-electron chi connectivity index (χ2n) is 7.67. The van der Waals surface area contributed by atoms with Crippen molar-refractivity contribution < 1.29 is 22.6 Å². The molecule has 0 radical (unpaired) electrons. The summed E-state index contributed by atoms with van der Waals surface area (Å²) < 4.78 is 49.0. The highest BCUT2D eigenvalue weighted by Crippen LogP contribution is 2.34. The molecule has 1 heterocycles. The minimum absolute atomic E-state index is 0.135. The van der Waals surface area contributed by atoms with Crippen LogP contribution >= 0.6 is 0 Å². The molecular formula is C23H28F3N3O2. The predicted molar refractivity (Wildman–Crippen MR) is 114 cm³/mol. The van der Waals surface area contributed by atoms with Gasteiger partial charge in [-0.3, -0.25) is 4.99 Å². The third kappa shape index (κ3) is 6.13. The molecule has 0 spiro atoms. The molecule has 0 saturated carbocycles. The molecule has 31 heavy (non-hydrogen) atoms. The predicted octanol–water partition coefficient (Wildman–Crippen LogP) is 4.15. The number of nitrogens with zero attached hydrogens (tertiary/aromatic N) is 1. The number of nitrogens with one attached hydrogen (secondary N) is 2. The molecule has 168 valence electrons. The van der Waals surface area contributed by atoms with Crippen LogP contribution in [0.4, 0.5) is 13.2 Å². The standard InChI is InChI=1S/C23H28F3N3O2/c1-16-3-8-20(31-21(25)26)17(13-16)14-28-22(27-2)29-15-23(9-11-30-12-10-23)18-4-6-19(24)7-5-18/h3-8,13,21H,9-12,14-15H2,1-2H3,(H2,27,28,29). The highest BCUT2D eigenvalue weighted by molar-refractivity contribution is 5.79. The van der Waals surface area contributed by atoms with Gasteiger partial charge in [0.2, 0.25) is 0 Å². The minimum atomic E-state index is -2.89. The van der Waals surface area contributed by atoms with Crippen LogP contribution in [0, 0.1) is 12.7 Å². The number of guanidine groups is 1. The summed E-state index contributed by atoms with van der Waals surface area (Å²) >= 11 is 0. The maximum atomic E-state index is 13.4. The average Bonchev–Trinajstić information content (AvgIpc) is 2.76. The topological polar surface area (TPSA) is 54.9 Å². The molecule has 2 aromatic rings. The first kappa shape index (κ1) is 22.9. The van der Waals surface area contributed by atoms with Gasteiger partial charge in [-0.25, -0.2) is 4.39 Å². The first-order valence-corrected chi connectivity index (χ1v) is 10.2. The van der Waals surface area contributed by atoms with Crippen molar-refractivity contribution in [3.8, 4) is 5.75 Å². The van der Waals surface area contributed by atoms with Crippen LogP contribution in [0.15, 0.2) is 47.5 Å². The lowest BCUT2D eigenvalue weighted by Crippen LogP contribution is -2.48. The van der Waals surface area contributed by atoms with Crippen LogP contribution in [-0.4, -0.2) is 39.4 Å². The summed E-state index contributed by atoms with van der Waals surface area (Å²) in [7, 11) is 1.65. The van der Waals surface area contributed by atoms with Crippen molar-refractivity contribution in [3.05, 3.63) is 65.0 Å². The van der Waals surface area contributed by atoms with E-state index < -0.39 is 6.61 Å². The number of hydrogen-bond acceptors (Lipinski definition) is 3. The van der Waals surface area contributed by atoms with Crippen molar-refractivity contribution in [3.63, 3.8) is 0 Å². The van der Waals surface area contributed by atoms with Crippen LogP contribution < -0.4 is 15.4 Å². The van der Waals surface area contributed by atoms with Crippen molar-refractivity contribution in [2.75, 3.05) is 26.8 Å². The molecule has 0 unspecified atom stereocenters. The molecule has 0 aliphatic carbocycles. The van der Waals surface area contributed by atoms with Crippen LogP contribution in [-0.2, 0) is 16.7 Å². The molecule has 0 atom stereocenters. The third-order valence-corrected chi connectivity index (χ3v) is 5.60. The van der Waals surface area contributed by atoms with Crippen LogP contribution in [0.2, 0.25) is 0 Å². The first-order valence-electron chi connectivity index (χ1n) is 10.2. The number of rotatable bonds is 7. The van der Waals surface area contributed by atoms with E-state index in [1.807, 2.05) is 19.1 Å². The van der Waals surface area contributed by atoms with Gasteiger partial charge < -0.3 is 20.1 Å². The zero-order chi connectivity index (χ0) is 22.3. The van der Waals surface area contributed by atoms with Gasteiger partial charge in [0.15, 0.2) is 5.96 Å². The second-order valence-corrected chi connectivity index (χ2v) is 7.67. The number of halogens is 3. The summed E-state index contributed by atoms with van der Waals surface area (Å²) in [6, 6.07) is 11.7. The molecule has 1 fully saturated rings. The maximum absolute atomic E-state index is 13.4. The van der Waals surface area contributed by atoms with Crippen molar-refractivity contribution in [2.45, 2.75) is 38.3 Å².